The van der Waals surface area contributed by atoms with Crippen LogP contribution in [0.5, 0.6) is 0 Å². The molecule has 0 bridgehead atoms. The fourth-order valence-corrected chi connectivity index (χ4v) is 5.51. The number of pyridine rings is 2. The molecule has 0 aromatic carbocycles. The molecule has 4 rings (SSSR count). The zero-order valence-electron chi connectivity index (χ0n) is 21.8. The summed E-state index contributed by atoms with van der Waals surface area (Å²) in [5.41, 5.74) is 7.22. The third-order valence-corrected chi connectivity index (χ3v) is 7.60. The maximum Gasteiger partial charge on any atom is 0.410 e. The van der Waals surface area contributed by atoms with Crippen LogP contribution in [0.3, 0.4) is 0 Å². The van der Waals surface area contributed by atoms with Crippen LogP contribution in [0.1, 0.15) is 73.5 Å². The Balaban J connectivity index is 1.71. The highest BCUT2D eigenvalue weighted by molar-refractivity contribution is 8.00. The number of anilines is 1. The molecule has 2 aromatic rings. The van der Waals surface area contributed by atoms with Gasteiger partial charge in [-0.3, -0.25) is 9.78 Å². The molecule has 198 valence electrons. The van der Waals surface area contributed by atoms with E-state index in [2.05, 4.69) is 17.1 Å². The number of nitriles is 2. The number of carbonyl (C=O) groups is 2. The van der Waals surface area contributed by atoms with Gasteiger partial charge in [0, 0.05) is 38.6 Å². The first kappa shape index (κ1) is 27.2. The van der Waals surface area contributed by atoms with E-state index in [4.69, 9.17) is 15.5 Å². The maximum atomic E-state index is 12.7. The summed E-state index contributed by atoms with van der Waals surface area (Å²) in [6, 6.07) is 7.98. The fraction of sp³-hybridized carbons (Fsp3) is 0.481. The number of nitrogens with two attached hydrogens (primary N) is 1. The van der Waals surface area contributed by atoms with Crippen LogP contribution in [0.25, 0.3) is 0 Å². The molecular weight excluding hydrogens is 502 g/mol. The van der Waals surface area contributed by atoms with Gasteiger partial charge in [0.15, 0.2) is 0 Å². The largest absolute Gasteiger partial charge is 0.444 e. The van der Waals surface area contributed by atoms with Crippen molar-refractivity contribution in [3.05, 3.63) is 46.8 Å². The highest BCUT2D eigenvalue weighted by Gasteiger charge is 2.36. The molecule has 0 radical (unpaired) electrons. The van der Waals surface area contributed by atoms with E-state index in [-0.39, 0.29) is 12.0 Å². The van der Waals surface area contributed by atoms with Gasteiger partial charge < -0.3 is 20.3 Å². The average molecular weight is 534 g/mol. The van der Waals surface area contributed by atoms with Gasteiger partial charge in [-0.25, -0.2) is 9.78 Å². The molecule has 3 heterocycles. The molecule has 0 spiro atoms. The van der Waals surface area contributed by atoms with E-state index in [1.54, 1.807) is 29.4 Å². The van der Waals surface area contributed by atoms with Gasteiger partial charge >= 0.3 is 6.09 Å². The number of carbonyl (C=O) groups excluding carboxylic acids is 2. The van der Waals surface area contributed by atoms with Crippen molar-refractivity contribution in [2.24, 2.45) is 5.73 Å². The standard InChI is InChI=1S/C27H31N7O3S/c1-27(2,3)37-26(36)34-12-4-11-33(13-14-34)24-19(15-28)21(17-5-6-17)20(16-29)25(32-24)38-22(23(30)35)18-7-9-31-10-8-18/h7-10,17,22H,4-6,11-14H2,1-3H3,(H2,30,35). The van der Waals surface area contributed by atoms with Crippen molar-refractivity contribution < 1.29 is 14.3 Å². The Kier molecular flexibility index (Phi) is 8.08. The van der Waals surface area contributed by atoms with E-state index in [1.165, 1.54) is 0 Å². The van der Waals surface area contributed by atoms with Crippen molar-refractivity contribution >= 4 is 29.6 Å². The molecular formula is C27H31N7O3S. The van der Waals surface area contributed by atoms with Gasteiger partial charge in [0.05, 0.1) is 11.1 Å². The molecule has 1 aliphatic carbocycles. The molecule has 2 aliphatic rings. The predicted octanol–water partition coefficient (Wildman–Crippen LogP) is 3.86. The molecule has 1 saturated heterocycles. The maximum absolute atomic E-state index is 12.7. The van der Waals surface area contributed by atoms with Gasteiger partial charge in [-0.2, -0.15) is 10.5 Å². The molecule has 1 saturated carbocycles. The van der Waals surface area contributed by atoms with Crippen molar-refractivity contribution in [3.8, 4) is 12.1 Å². The summed E-state index contributed by atoms with van der Waals surface area (Å²) in [6.07, 6.45) is 5.22. The van der Waals surface area contributed by atoms with Gasteiger partial charge in [0.1, 0.15) is 33.8 Å². The Bertz CT molecular complexity index is 1290. The molecule has 2 fully saturated rings. The first-order valence-corrected chi connectivity index (χ1v) is 13.5. The highest BCUT2D eigenvalue weighted by atomic mass is 32.2. The zero-order chi connectivity index (χ0) is 27.4. The number of thioether (sulfide) groups is 1. The second-order valence-electron chi connectivity index (χ2n) is 10.4. The summed E-state index contributed by atoms with van der Waals surface area (Å²) < 4.78 is 5.55. The molecule has 38 heavy (non-hydrogen) atoms. The summed E-state index contributed by atoms with van der Waals surface area (Å²) in [5.74, 6) is 0.00651. The lowest BCUT2D eigenvalue weighted by Gasteiger charge is -2.27. The normalized spacial score (nSPS) is 16.7. The Morgan fingerprint density at radius 2 is 1.79 bits per heavy atom. The lowest BCUT2D eigenvalue weighted by molar-refractivity contribution is -0.117. The molecule has 2 amide bonds. The fourth-order valence-electron chi connectivity index (χ4n) is 4.46. The molecule has 10 nitrogen and oxygen atoms in total. The van der Waals surface area contributed by atoms with Gasteiger partial charge in [0.25, 0.3) is 0 Å². The van der Waals surface area contributed by atoms with Crippen LogP contribution in [0.15, 0.2) is 29.6 Å². The quantitative estimate of drug-likeness (QED) is 0.546. The van der Waals surface area contributed by atoms with Gasteiger partial charge in [0.2, 0.25) is 5.91 Å². The number of ether oxygens (including phenoxy) is 1. The molecule has 2 N–H and O–H groups in total. The van der Waals surface area contributed by atoms with Crippen molar-refractivity contribution in [1.82, 2.24) is 14.9 Å². The minimum Gasteiger partial charge on any atom is -0.444 e. The number of nitrogens with zero attached hydrogens (tertiary/aromatic N) is 6. The summed E-state index contributed by atoms with van der Waals surface area (Å²) in [6.45, 7) is 7.45. The topological polar surface area (TPSA) is 149 Å². The lowest BCUT2D eigenvalue weighted by Crippen LogP contribution is -2.39. The van der Waals surface area contributed by atoms with Crippen LogP contribution in [0.4, 0.5) is 10.6 Å². The van der Waals surface area contributed by atoms with Crippen molar-refractivity contribution in [1.29, 1.82) is 10.5 Å². The Morgan fingerprint density at radius 3 is 2.37 bits per heavy atom. The van der Waals surface area contributed by atoms with Crippen molar-refractivity contribution in [2.75, 3.05) is 31.1 Å². The minimum atomic E-state index is -0.780. The average Bonchev–Trinajstić information content (AvgIpc) is 3.73. The third kappa shape index (κ3) is 6.17. The number of hydrogen-bond donors (Lipinski definition) is 1. The monoisotopic (exact) mass is 533 g/mol. The highest BCUT2D eigenvalue weighted by Crippen LogP contribution is 2.48. The zero-order valence-corrected chi connectivity index (χ0v) is 22.6. The van der Waals surface area contributed by atoms with Crippen LogP contribution in [-0.4, -0.2) is 58.6 Å². The number of hydrogen-bond acceptors (Lipinski definition) is 9. The summed E-state index contributed by atoms with van der Waals surface area (Å²) in [7, 11) is 0. The van der Waals surface area contributed by atoms with Gasteiger partial charge in [-0.15, -0.1) is 0 Å². The molecule has 11 heteroatoms. The van der Waals surface area contributed by atoms with E-state index in [0.717, 1.165) is 24.6 Å². The molecule has 2 aromatic heterocycles. The smallest absolute Gasteiger partial charge is 0.410 e. The van der Waals surface area contributed by atoms with Crippen molar-refractivity contribution in [2.45, 2.75) is 61.8 Å². The second kappa shape index (κ2) is 11.3. The number of aromatic nitrogens is 2. The van der Waals surface area contributed by atoms with E-state index in [0.29, 0.717) is 65.7 Å². The van der Waals surface area contributed by atoms with Gasteiger partial charge in [-0.05, 0) is 69.2 Å². The first-order valence-electron chi connectivity index (χ1n) is 12.6. The second-order valence-corrected chi connectivity index (χ2v) is 11.5. The van der Waals surface area contributed by atoms with E-state index in [9.17, 15) is 20.1 Å². The van der Waals surface area contributed by atoms with Gasteiger partial charge in [-0.1, -0.05) is 11.8 Å². The van der Waals surface area contributed by atoms with Crippen LogP contribution in [0.2, 0.25) is 0 Å². The summed E-state index contributed by atoms with van der Waals surface area (Å²) in [5, 5.41) is 19.9. The van der Waals surface area contributed by atoms with Crippen LogP contribution >= 0.6 is 11.8 Å². The number of amides is 2. The molecule has 1 atom stereocenters. The summed E-state index contributed by atoms with van der Waals surface area (Å²) in [4.78, 5) is 37.6. The minimum absolute atomic E-state index is 0.0959. The SMILES string of the molecule is CC(C)(C)OC(=O)N1CCCN(c2nc(SC(C(N)=O)c3ccncc3)c(C#N)c(C3CC3)c2C#N)CC1. The number of primary amides is 1. The Labute approximate surface area is 226 Å². The molecule has 1 aliphatic heterocycles. The van der Waals surface area contributed by atoms with Crippen molar-refractivity contribution in [3.63, 3.8) is 0 Å². The predicted molar refractivity (Wildman–Crippen MR) is 142 cm³/mol. The third-order valence-electron chi connectivity index (χ3n) is 6.34. The van der Waals surface area contributed by atoms with Crippen LogP contribution in [-0.2, 0) is 9.53 Å². The van der Waals surface area contributed by atoms with E-state index < -0.39 is 16.8 Å². The summed E-state index contributed by atoms with van der Waals surface area (Å²) >= 11 is 1.12. The van der Waals surface area contributed by atoms with E-state index in [1.807, 2.05) is 25.7 Å². The Morgan fingerprint density at radius 1 is 1.11 bits per heavy atom. The number of rotatable bonds is 6. The van der Waals surface area contributed by atoms with Crippen LogP contribution < -0.4 is 10.6 Å². The Hall–Kier alpha value is -3.83. The van der Waals surface area contributed by atoms with E-state index >= 15 is 0 Å². The first-order chi connectivity index (χ1) is 18.1. The lowest BCUT2D eigenvalue weighted by atomic mass is 9.99. The van der Waals surface area contributed by atoms with Crippen LogP contribution in [0, 0.1) is 22.7 Å². The molecule has 1 unspecified atom stereocenters.